The fraction of sp³-hybridized carbons (Fsp3) is 0.524. The van der Waals surface area contributed by atoms with Crippen molar-refractivity contribution in [3.05, 3.63) is 29.6 Å². The number of aryl methyl sites for hydroxylation is 1. The lowest BCUT2D eigenvalue weighted by Crippen LogP contribution is -2.37. The first-order valence-corrected chi connectivity index (χ1v) is 10.5. The number of hydroxylamine groups is 1. The second-order valence-electron chi connectivity index (χ2n) is 7.47. The van der Waals surface area contributed by atoms with Crippen LogP contribution in [0.25, 0.3) is 10.9 Å². The van der Waals surface area contributed by atoms with Gasteiger partial charge in [0.05, 0.1) is 18.2 Å². The average molecular weight is 430 g/mol. The summed E-state index contributed by atoms with van der Waals surface area (Å²) < 4.78 is 4.99. The number of rotatable bonds is 10. The van der Waals surface area contributed by atoms with Gasteiger partial charge >= 0.3 is 0 Å². The molecule has 0 saturated heterocycles. The van der Waals surface area contributed by atoms with E-state index in [1.165, 1.54) is 6.34 Å². The van der Waals surface area contributed by atoms with Crippen LogP contribution in [0.15, 0.2) is 23.2 Å². The molecule has 1 aromatic heterocycles. The molecule has 168 valence electrons. The number of hydrogen-bond acceptors (Lipinski definition) is 8. The summed E-state index contributed by atoms with van der Waals surface area (Å²) in [7, 11) is 1.59. The highest BCUT2D eigenvalue weighted by molar-refractivity contribution is 5.96. The number of aliphatic imine (C=N–C) groups is 1. The normalized spacial score (nSPS) is 18.9. The number of anilines is 1. The number of hydrogen-bond donors (Lipinski definition) is 4. The highest BCUT2D eigenvalue weighted by atomic mass is 16.6. The number of nitrogens with two attached hydrogens (primary N) is 1. The molecule has 10 nitrogen and oxygen atoms in total. The Morgan fingerprint density at radius 2 is 2.16 bits per heavy atom. The maximum atomic E-state index is 12.6. The molecule has 2 aromatic rings. The Bertz CT molecular complexity index is 906. The van der Waals surface area contributed by atoms with Crippen molar-refractivity contribution in [3.8, 4) is 0 Å². The molecule has 1 aliphatic rings. The van der Waals surface area contributed by atoms with Crippen molar-refractivity contribution < 1.29 is 14.4 Å². The van der Waals surface area contributed by atoms with Crippen LogP contribution in [0.1, 0.15) is 41.9 Å². The Kier molecular flexibility index (Phi) is 8.51. The van der Waals surface area contributed by atoms with Crippen molar-refractivity contribution in [2.75, 3.05) is 32.3 Å². The van der Waals surface area contributed by atoms with E-state index < -0.39 is 0 Å². The number of fused-ring (bicyclic) bond motifs is 1. The Balaban J connectivity index is 1.86. The van der Waals surface area contributed by atoms with Gasteiger partial charge in [0.2, 0.25) is 5.82 Å². The predicted molar refractivity (Wildman–Crippen MR) is 120 cm³/mol. The van der Waals surface area contributed by atoms with Crippen molar-refractivity contribution in [2.45, 2.75) is 44.7 Å². The zero-order chi connectivity index (χ0) is 22.1. The van der Waals surface area contributed by atoms with Gasteiger partial charge in [-0.05, 0) is 31.9 Å². The van der Waals surface area contributed by atoms with E-state index in [2.05, 4.69) is 31.1 Å². The van der Waals surface area contributed by atoms with Crippen molar-refractivity contribution in [3.63, 3.8) is 0 Å². The quantitative estimate of drug-likeness (QED) is 0.147. The first kappa shape index (κ1) is 22.9. The zero-order valence-corrected chi connectivity index (χ0v) is 18.1. The molecule has 1 fully saturated rings. The van der Waals surface area contributed by atoms with E-state index in [1.54, 1.807) is 7.11 Å². The molecule has 0 bridgehead atoms. The van der Waals surface area contributed by atoms with Crippen LogP contribution < -0.4 is 21.8 Å². The second kappa shape index (κ2) is 11.5. The van der Waals surface area contributed by atoms with Crippen LogP contribution in [0.3, 0.4) is 0 Å². The number of nitrogens with zero attached hydrogens (tertiary/aromatic N) is 3. The number of carbonyl (C=O) groups is 1. The zero-order valence-electron chi connectivity index (χ0n) is 18.1. The van der Waals surface area contributed by atoms with Gasteiger partial charge in [-0.3, -0.25) is 20.1 Å². The van der Waals surface area contributed by atoms with E-state index in [9.17, 15) is 4.79 Å². The van der Waals surface area contributed by atoms with E-state index in [4.69, 9.17) is 15.3 Å². The van der Waals surface area contributed by atoms with Crippen molar-refractivity contribution >= 4 is 29.0 Å². The summed E-state index contributed by atoms with van der Waals surface area (Å²) in [6.45, 7) is 2.91. The summed E-state index contributed by atoms with van der Waals surface area (Å²) in [4.78, 5) is 31.1. The molecule has 0 aliphatic heterocycles. The van der Waals surface area contributed by atoms with Crippen LogP contribution >= 0.6 is 0 Å². The number of ether oxygens (including phenoxy) is 1. The molecule has 5 N–H and O–H groups in total. The topological polar surface area (TPSA) is 136 Å². The highest BCUT2D eigenvalue weighted by Gasteiger charge is 2.26. The number of carbonyl (C=O) groups excluding carboxylic acids is 1. The van der Waals surface area contributed by atoms with E-state index in [1.807, 2.05) is 25.1 Å². The SMILES string of the molecule is COCCNC(=O)c1nc(N[C@H]2CCCC[C@H]2N=CNOCN)c2cc(C)ccc2n1. The Labute approximate surface area is 182 Å². The van der Waals surface area contributed by atoms with E-state index in [0.717, 1.165) is 36.6 Å². The number of nitrogens with one attached hydrogen (secondary N) is 3. The lowest BCUT2D eigenvalue weighted by Gasteiger charge is -2.30. The summed E-state index contributed by atoms with van der Waals surface area (Å²) in [5, 5.41) is 7.21. The molecule has 10 heteroatoms. The fourth-order valence-electron chi connectivity index (χ4n) is 3.64. The van der Waals surface area contributed by atoms with Gasteiger partial charge in [0.25, 0.3) is 5.91 Å². The summed E-state index contributed by atoms with van der Waals surface area (Å²) in [5.41, 5.74) is 9.74. The second-order valence-corrected chi connectivity index (χ2v) is 7.47. The number of aromatic nitrogens is 2. The van der Waals surface area contributed by atoms with E-state index in [0.29, 0.717) is 24.5 Å². The standard InChI is InChI=1S/C21H31N7O3/c1-14-7-8-16-15(11-14)19(28-20(26-16)21(29)23-9-10-30-2)27-18-6-4-3-5-17(18)24-13-25-31-12-22/h7-8,11,13,17-18H,3-6,9-10,12,22H2,1-2H3,(H,23,29)(H,24,25)(H,26,27,28)/t17-,18+/m1/s1. The van der Waals surface area contributed by atoms with Crippen LogP contribution in [0.4, 0.5) is 5.82 Å². The molecule has 0 unspecified atom stereocenters. The van der Waals surface area contributed by atoms with Gasteiger partial charge in [-0.25, -0.2) is 9.97 Å². The van der Waals surface area contributed by atoms with Gasteiger partial charge < -0.3 is 21.1 Å². The summed E-state index contributed by atoms with van der Waals surface area (Å²) in [5.74, 6) is 0.441. The molecule has 3 rings (SSSR count). The monoisotopic (exact) mass is 429 g/mol. The van der Waals surface area contributed by atoms with E-state index in [-0.39, 0.29) is 30.5 Å². The fourth-order valence-corrected chi connectivity index (χ4v) is 3.64. The Morgan fingerprint density at radius 1 is 1.32 bits per heavy atom. The lowest BCUT2D eigenvalue weighted by atomic mass is 9.90. The molecule has 1 aromatic carbocycles. The van der Waals surface area contributed by atoms with Gasteiger partial charge in [-0.1, -0.05) is 24.5 Å². The van der Waals surface area contributed by atoms with Gasteiger partial charge in [0, 0.05) is 25.1 Å². The van der Waals surface area contributed by atoms with Crippen LogP contribution in [-0.2, 0) is 9.57 Å². The number of amides is 1. The molecule has 2 atom stereocenters. The van der Waals surface area contributed by atoms with Gasteiger partial charge in [0.1, 0.15) is 18.9 Å². The first-order valence-electron chi connectivity index (χ1n) is 10.5. The summed E-state index contributed by atoms with van der Waals surface area (Å²) in [6, 6.07) is 6.04. The molecule has 0 radical (unpaired) electrons. The molecule has 1 heterocycles. The van der Waals surface area contributed by atoms with Crippen LogP contribution in [0, 0.1) is 6.92 Å². The summed E-state index contributed by atoms with van der Waals surface area (Å²) >= 11 is 0. The van der Waals surface area contributed by atoms with Crippen molar-refractivity contribution in [1.82, 2.24) is 20.8 Å². The molecule has 1 amide bonds. The van der Waals surface area contributed by atoms with Gasteiger partial charge in [0.15, 0.2) is 0 Å². The predicted octanol–water partition coefficient (Wildman–Crippen LogP) is 1.50. The maximum absolute atomic E-state index is 12.6. The molecule has 31 heavy (non-hydrogen) atoms. The smallest absolute Gasteiger partial charge is 0.289 e. The first-order chi connectivity index (χ1) is 15.1. The largest absolute Gasteiger partial charge is 0.383 e. The van der Waals surface area contributed by atoms with Crippen molar-refractivity contribution in [2.24, 2.45) is 10.7 Å². The average Bonchev–Trinajstić information content (AvgIpc) is 2.78. The highest BCUT2D eigenvalue weighted by Crippen LogP contribution is 2.28. The Morgan fingerprint density at radius 3 is 2.97 bits per heavy atom. The van der Waals surface area contributed by atoms with Gasteiger partial charge in [-0.2, -0.15) is 0 Å². The molecule has 1 aliphatic carbocycles. The van der Waals surface area contributed by atoms with Gasteiger partial charge in [-0.15, -0.1) is 0 Å². The minimum Gasteiger partial charge on any atom is -0.383 e. The van der Waals surface area contributed by atoms with Crippen LogP contribution in [-0.4, -0.2) is 61.3 Å². The number of methoxy groups -OCH3 is 1. The van der Waals surface area contributed by atoms with Crippen LogP contribution in [0.2, 0.25) is 0 Å². The minimum atomic E-state index is -0.330. The third-order valence-corrected chi connectivity index (χ3v) is 5.18. The summed E-state index contributed by atoms with van der Waals surface area (Å²) in [6.07, 6.45) is 5.64. The number of benzene rings is 1. The molecule has 1 saturated carbocycles. The van der Waals surface area contributed by atoms with Crippen LogP contribution in [0.5, 0.6) is 0 Å². The molecular weight excluding hydrogens is 398 g/mol. The molecular formula is C21H31N7O3. The minimum absolute atomic E-state index is 0.0522. The maximum Gasteiger partial charge on any atom is 0.289 e. The Hall–Kier alpha value is -2.82. The van der Waals surface area contributed by atoms with E-state index >= 15 is 0 Å². The third kappa shape index (κ3) is 6.33. The third-order valence-electron chi connectivity index (χ3n) is 5.18. The van der Waals surface area contributed by atoms with Crippen molar-refractivity contribution in [1.29, 1.82) is 0 Å². The molecule has 0 spiro atoms. The lowest BCUT2D eigenvalue weighted by molar-refractivity contribution is 0.0926.